The monoisotopic (exact) mass is 350 g/mol. The Hall–Kier alpha value is -3.48. The van der Waals surface area contributed by atoms with Gasteiger partial charge in [-0.1, -0.05) is 0 Å². The molecule has 4 aromatic rings. The Morgan fingerprint density at radius 2 is 1.73 bits per heavy atom. The summed E-state index contributed by atoms with van der Waals surface area (Å²) in [6, 6.07) is 9.03. The second kappa shape index (κ2) is 6.11. The number of ether oxygens (including phenoxy) is 1. The Labute approximate surface area is 147 Å². The second-order valence-electron chi connectivity index (χ2n) is 5.86. The Kier molecular flexibility index (Phi) is 3.76. The normalized spacial score (nSPS) is 11.0. The summed E-state index contributed by atoms with van der Waals surface area (Å²) in [5.41, 5.74) is 2.66. The van der Waals surface area contributed by atoms with E-state index >= 15 is 0 Å². The first-order valence-corrected chi connectivity index (χ1v) is 7.85. The Morgan fingerprint density at radius 1 is 1.04 bits per heavy atom. The molecule has 0 N–H and O–H groups in total. The third-order valence-electron chi connectivity index (χ3n) is 3.86. The standard InChI is InChI=1S/C19H13FN3O3/c1-10-7-12(8-11(2)16(10)24)17-22-15-9-21-19(23-18(15)26-17)25-14-5-3-13(20)4-6-14/h3-9H,1-2H3. The zero-order valence-electron chi connectivity index (χ0n) is 14.0. The van der Waals surface area contributed by atoms with Crippen LogP contribution in [0.1, 0.15) is 11.1 Å². The highest BCUT2D eigenvalue weighted by Gasteiger charge is 2.14. The summed E-state index contributed by atoms with van der Waals surface area (Å²) in [7, 11) is 0. The fourth-order valence-corrected chi connectivity index (χ4v) is 2.57. The molecule has 7 heteroatoms. The molecule has 0 aliphatic heterocycles. The molecule has 26 heavy (non-hydrogen) atoms. The molecule has 0 amide bonds. The molecule has 0 aliphatic rings. The number of aryl methyl sites for hydroxylation is 2. The molecule has 0 saturated heterocycles. The van der Waals surface area contributed by atoms with Crippen LogP contribution >= 0.6 is 0 Å². The van der Waals surface area contributed by atoms with E-state index in [4.69, 9.17) is 9.15 Å². The van der Waals surface area contributed by atoms with Gasteiger partial charge in [0, 0.05) is 5.56 Å². The summed E-state index contributed by atoms with van der Waals surface area (Å²) in [5.74, 6) is 0.394. The molecule has 0 atom stereocenters. The Morgan fingerprint density at radius 3 is 2.42 bits per heavy atom. The molecule has 0 saturated carbocycles. The van der Waals surface area contributed by atoms with E-state index in [0.29, 0.717) is 33.8 Å². The van der Waals surface area contributed by atoms with Crippen LogP contribution in [0.5, 0.6) is 17.5 Å². The maximum Gasteiger partial charge on any atom is 0.325 e. The summed E-state index contributed by atoms with van der Waals surface area (Å²) >= 11 is 0. The van der Waals surface area contributed by atoms with Gasteiger partial charge in [0.05, 0.1) is 6.20 Å². The molecule has 2 aromatic carbocycles. The minimum atomic E-state index is -0.358. The molecule has 129 valence electrons. The van der Waals surface area contributed by atoms with Crippen molar-refractivity contribution in [1.29, 1.82) is 0 Å². The Bertz CT molecular complexity index is 1080. The van der Waals surface area contributed by atoms with E-state index in [-0.39, 0.29) is 23.3 Å². The van der Waals surface area contributed by atoms with Gasteiger partial charge in [-0.15, -0.1) is 0 Å². The summed E-state index contributed by atoms with van der Waals surface area (Å²) in [6.45, 7) is 3.49. The van der Waals surface area contributed by atoms with Crippen molar-refractivity contribution in [3.63, 3.8) is 0 Å². The summed E-state index contributed by atoms with van der Waals surface area (Å²) < 4.78 is 24.1. The van der Waals surface area contributed by atoms with Gasteiger partial charge in [0.25, 0.3) is 5.71 Å². The third kappa shape index (κ3) is 2.95. The van der Waals surface area contributed by atoms with Crippen molar-refractivity contribution < 1.29 is 18.7 Å². The highest BCUT2D eigenvalue weighted by Crippen LogP contribution is 2.31. The van der Waals surface area contributed by atoms with Gasteiger partial charge < -0.3 is 9.15 Å². The van der Waals surface area contributed by atoms with Crippen molar-refractivity contribution in [1.82, 2.24) is 15.0 Å². The van der Waals surface area contributed by atoms with Gasteiger partial charge in [0.2, 0.25) is 5.89 Å². The van der Waals surface area contributed by atoms with Crippen molar-refractivity contribution in [2.75, 3.05) is 0 Å². The summed E-state index contributed by atoms with van der Waals surface area (Å²) in [4.78, 5) is 12.6. The summed E-state index contributed by atoms with van der Waals surface area (Å²) in [6.07, 6.45) is 1.48. The van der Waals surface area contributed by atoms with E-state index < -0.39 is 0 Å². The quantitative estimate of drug-likeness (QED) is 0.521. The minimum absolute atomic E-state index is 0.000336. The highest BCUT2D eigenvalue weighted by atomic mass is 19.1. The van der Waals surface area contributed by atoms with E-state index in [2.05, 4.69) is 15.0 Å². The maximum atomic E-state index is 12.9. The first kappa shape index (κ1) is 16.0. The maximum absolute atomic E-state index is 12.9. The first-order chi connectivity index (χ1) is 12.5. The molecule has 1 radical (unpaired) electrons. The molecule has 0 bridgehead atoms. The summed E-state index contributed by atoms with van der Waals surface area (Å²) in [5, 5.41) is 11.9. The number of oxazole rings is 1. The lowest BCUT2D eigenvalue weighted by Crippen LogP contribution is -1.91. The fraction of sp³-hybridized carbons (Fsp3) is 0.105. The van der Waals surface area contributed by atoms with Crippen LogP contribution in [0.15, 0.2) is 47.0 Å². The van der Waals surface area contributed by atoms with Crippen molar-refractivity contribution >= 4 is 11.2 Å². The molecule has 0 spiro atoms. The lowest BCUT2D eigenvalue weighted by Gasteiger charge is -2.02. The minimum Gasteiger partial charge on any atom is -0.424 e. The van der Waals surface area contributed by atoms with Crippen LogP contribution in [0.4, 0.5) is 4.39 Å². The van der Waals surface area contributed by atoms with Gasteiger partial charge in [-0.3, -0.25) is 5.11 Å². The molecule has 2 heterocycles. The van der Waals surface area contributed by atoms with E-state index in [1.165, 1.54) is 30.5 Å². The van der Waals surface area contributed by atoms with E-state index in [9.17, 15) is 9.50 Å². The highest BCUT2D eigenvalue weighted by molar-refractivity contribution is 5.72. The average molecular weight is 350 g/mol. The van der Waals surface area contributed by atoms with Crippen LogP contribution in [0.25, 0.3) is 22.7 Å². The molecule has 2 aromatic heterocycles. The van der Waals surface area contributed by atoms with Crippen molar-refractivity contribution in [3.05, 3.63) is 59.5 Å². The molecule has 6 nitrogen and oxygen atoms in total. The predicted octanol–water partition coefficient (Wildman–Crippen LogP) is 4.98. The number of rotatable bonds is 3. The molecule has 0 unspecified atom stereocenters. The third-order valence-corrected chi connectivity index (χ3v) is 3.86. The lowest BCUT2D eigenvalue weighted by molar-refractivity contribution is 0.348. The van der Waals surface area contributed by atoms with Crippen LogP contribution in [-0.2, 0) is 5.11 Å². The van der Waals surface area contributed by atoms with Crippen molar-refractivity contribution in [2.24, 2.45) is 0 Å². The number of hydrogen-bond acceptors (Lipinski definition) is 5. The zero-order chi connectivity index (χ0) is 18.3. The van der Waals surface area contributed by atoms with Crippen molar-refractivity contribution in [2.45, 2.75) is 13.8 Å². The molecular weight excluding hydrogens is 337 g/mol. The van der Waals surface area contributed by atoms with Gasteiger partial charge >= 0.3 is 6.01 Å². The van der Waals surface area contributed by atoms with Crippen LogP contribution in [-0.4, -0.2) is 15.0 Å². The Balaban J connectivity index is 1.68. The van der Waals surface area contributed by atoms with Gasteiger partial charge in [0.15, 0.2) is 5.75 Å². The van der Waals surface area contributed by atoms with Gasteiger partial charge in [0.1, 0.15) is 17.1 Å². The topological polar surface area (TPSA) is 80.9 Å². The average Bonchev–Trinajstić information content (AvgIpc) is 3.04. The molecule has 0 fully saturated rings. The van der Waals surface area contributed by atoms with Gasteiger partial charge in [-0.25, -0.2) is 14.4 Å². The van der Waals surface area contributed by atoms with Crippen LogP contribution < -0.4 is 4.74 Å². The zero-order valence-corrected chi connectivity index (χ0v) is 14.0. The van der Waals surface area contributed by atoms with Crippen molar-refractivity contribution in [3.8, 4) is 29.0 Å². The smallest absolute Gasteiger partial charge is 0.325 e. The number of fused-ring (bicyclic) bond motifs is 1. The molecular formula is C19H13FN3O3. The number of halogens is 1. The van der Waals surface area contributed by atoms with E-state index in [1.807, 2.05) is 0 Å². The van der Waals surface area contributed by atoms with Crippen LogP contribution in [0.2, 0.25) is 0 Å². The van der Waals surface area contributed by atoms with Crippen LogP contribution in [0, 0.1) is 19.7 Å². The van der Waals surface area contributed by atoms with Gasteiger partial charge in [-0.05, 0) is 61.4 Å². The first-order valence-electron chi connectivity index (χ1n) is 7.85. The lowest BCUT2D eigenvalue weighted by atomic mass is 10.1. The van der Waals surface area contributed by atoms with E-state index in [1.54, 1.807) is 26.0 Å². The number of nitrogens with zero attached hydrogens (tertiary/aromatic N) is 3. The van der Waals surface area contributed by atoms with Crippen LogP contribution in [0.3, 0.4) is 0 Å². The van der Waals surface area contributed by atoms with Gasteiger partial charge in [-0.2, -0.15) is 4.98 Å². The largest absolute Gasteiger partial charge is 0.424 e. The second-order valence-corrected chi connectivity index (χ2v) is 5.86. The number of hydrogen-bond donors (Lipinski definition) is 0. The fourth-order valence-electron chi connectivity index (χ4n) is 2.57. The predicted molar refractivity (Wildman–Crippen MR) is 91.1 cm³/mol. The number of benzene rings is 2. The van der Waals surface area contributed by atoms with E-state index in [0.717, 1.165) is 0 Å². The SMILES string of the molecule is Cc1cc(-c2nc3cnc(Oc4ccc(F)cc4)nc3o2)cc(C)c1[O]. The molecule has 0 aliphatic carbocycles. The molecule has 4 rings (SSSR count). The number of aromatic nitrogens is 3.